The van der Waals surface area contributed by atoms with Gasteiger partial charge in [-0.2, -0.15) is 4.31 Å². The summed E-state index contributed by atoms with van der Waals surface area (Å²) in [5, 5.41) is 9.16. The van der Waals surface area contributed by atoms with E-state index in [4.69, 9.17) is 5.11 Å². The Kier molecular flexibility index (Phi) is 5.74. The van der Waals surface area contributed by atoms with Crippen molar-refractivity contribution in [1.29, 1.82) is 0 Å². The number of hydrogen-bond donors (Lipinski definition) is 1. The van der Waals surface area contributed by atoms with Gasteiger partial charge in [0, 0.05) is 16.7 Å². The Balaban J connectivity index is 2.30. The number of sulfonamides is 1. The number of benzene rings is 2. The molecule has 0 radical (unpaired) electrons. The molecule has 0 spiro atoms. The highest BCUT2D eigenvalue weighted by Crippen LogP contribution is 2.19. The summed E-state index contributed by atoms with van der Waals surface area (Å²) in [5.74, 6) is 0. The molecule has 0 aliphatic heterocycles. The van der Waals surface area contributed by atoms with Crippen molar-refractivity contribution >= 4 is 32.6 Å². The van der Waals surface area contributed by atoms with Crippen molar-refractivity contribution in [1.82, 2.24) is 4.31 Å². The minimum atomic E-state index is -3.61. The van der Waals surface area contributed by atoms with E-state index >= 15 is 0 Å². The van der Waals surface area contributed by atoms with E-state index in [0.29, 0.717) is 0 Å². The van der Waals surface area contributed by atoms with Gasteiger partial charge in [0.2, 0.25) is 10.0 Å². The fourth-order valence-corrected chi connectivity index (χ4v) is 3.72. The Morgan fingerprint density at radius 3 is 2.19 bits per heavy atom. The molecule has 0 bridgehead atoms. The molecule has 112 valence electrons. The Hall–Kier alpha value is -0.960. The Bertz CT molecular complexity index is 672. The lowest BCUT2D eigenvalue weighted by Crippen LogP contribution is -2.33. The van der Waals surface area contributed by atoms with E-state index in [2.05, 4.69) is 22.6 Å². The average Bonchev–Trinajstić information content (AvgIpc) is 2.48. The summed E-state index contributed by atoms with van der Waals surface area (Å²) in [6.07, 6.45) is 0. The number of hydrogen-bond acceptors (Lipinski definition) is 3. The van der Waals surface area contributed by atoms with E-state index in [9.17, 15) is 8.42 Å². The van der Waals surface area contributed by atoms with Crippen LogP contribution in [0, 0.1) is 3.57 Å². The second kappa shape index (κ2) is 7.35. The summed E-state index contributed by atoms with van der Waals surface area (Å²) in [5.41, 5.74) is 0.889. The van der Waals surface area contributed by atoms with Crippen LogP contribution >= 0.6 is 22.6 Å². The molecule has 2 rings (SSSR count). The number of aliphatic hydroxyl groups excluding tert-OH is 1. The minimum Gasteiger partial charge on any atom is -0.395 e. The van der Waals surface area contributed by atoms with Gasteiger partial charge >= 0.3 is 0 Å². The van der Waals surface area contributed by atoms with Gasteiger partial charge in [0.05, 0.1) is 11.5 Å². The molecule has 0 heterocycles. The van der Waals surface area contributed by atoms with E-state index in [0.717, 1.165) is 9.13 Å². The second-order valence-corrected chi connectivity index (χ2v) is 7.69. The highest BCUT2D eigenvalue weighted by atomic mass is 127. The summed E-state index contributed by atoms with van der Waals surface area (Å²) in [7, 11) is -3.61. The Labute approximate surface area is 138 Å². The maximum absolute atomic E-state index is 12.7. The Morgan fingerprint density at radius 1 is 1.00 bits per heavy atom. The third-order valence-corrected chi connectivity index (χ3v) is 5.58. The van der Waals surface area contributed by atoms with E-state index in [-0.39, 0.29) is 24.6 Å². The monoisotopic (exact) mass is 417 g/mol. The predicted octanol–water partition coefficient (Wildman–Crippen LogP) is 2.47. The van der Waals surface area contributed by atoms with Gasteiger partial charge in [-0.05, 0) is 52.4 Å². The van der Waals surface area contributed by atoms with Crippen LogP contribution in [0.1, 0.15) is 5.56 Å². The summed E-state index contributed by atoms with van der Waals surface area (Å²) >= 11 is 2.13. The largest absolute Gasteiger partial charge is 0.395 e. The maximum atomic E-state index is 12.7. The van der Waals surface area contributed by atoms with Crippen LogP contribution in [0.15, 0.2) is 59.5 Å². The minimum absolute atomic E-state index is 0.0726. The molecule has 0 saturated carbocycles. The molecule has 0 fully saturated rings. The summed E-state index contributed by atoms with van der Waals surface area (Å²) < 4.78 is 27.6. The second-order valence-electron chi connectivity index (χ2n) is 4.50. The van der Waals surface area contributed by atoms with Gasteiger partial charge in [-0.3, -0.25) is 0 Å². The van der Waals surface area contributed by atoms with E-state index in [1.54, 1.807) is 24.3 Å². The molecule has 6 heteroatoms. The molecular formula is C15H16INO3S. The lowest BCUT2D eigenvalue weighted by molar-refractivity contribution is 0.251. The molecule has 0 aliphatic rings. The van der Waals surface area contributed by atoms with Crippen LogP contribution in [0.2, 0.25) is 0 Å². The van der Waals surface area contributed by atoms with Crippen LogP contribution in [0.3, 0.4) is 0 Å². The van der Waals surface area contributed by atoms with Crippen LogP contribution in [-0.4, -0.2) is 31.0 Å². The molecule has 2 aromatic rings. The quantitative estimate of drug-likeness (QED) is 0.735. The van der Waals surface area contributed by atoms with Crippen LogP contribution < -0.4 is 0 Å². The van der Waals surface area contributed by atoms with Crippen molar-refractivity contribution in [3.05, 3.63) is 63.7 Å². The van der Waals surface area contributed by atoms with Gasteiger partial charge < -0.3 is 5.11 Å². The standard InChI is InChI=1S/C15H16INO3S/c16-14-6-8-15(9-7-14)21(19,20)17(10-11-18)12-13-4-2-1-3-5-13/h1-9,18H,10-12H2. The molecule has 2 aromatic carbocycles. The highest BCUT2D eigenvalue weighted by molar-refractivity contribution is 14.1. The molecule has 21 heavy (non-hydrogen) atoms. The van der Waals surface area contributed by atoms with Crippen LogP contribution in [-0.2, 0) is 16.6 Å². The fourth-order valence-electron chi connectivity index (χ4n) is 1.94. The van der Waals surface area contributed by atoms with Crippen molar-refractivity contribution < 1.29 is 13.5 Å². The van der Waals surface area contributed by atoms with E-state index in [1.807, 2.05) is 30.3 Å². The van der Waals surface area contributed by atoms with Crippen LogP contribution in [0.5, 0.6) is 0 Å². The van der Waals surface area contributed by atoms with Gasteiger partial charge in [0.1, 0.15) is 0 Å². The van der Waals surface area contributed by atoms with Gasteiger partial charge in [0.15, 0.2) is 0 Å². The lowest BCUT2D eigenvalue weighted by Gasteiger charge is -2.21. The fraction of sp³-hybridized carbons (Fsp3) is 0.200. The molecule has 4 nitrogen and oxygen atoms in total. The van der Waals surface area contributed by atoms with Crippen molar-refractivity contribution in [3.63, 3.8) is 0 Å². The summed E-state index contributed by atoms with van der Waals surface area (Å²) in [6.45, 7) is 0.107. The van der Waals surface area contributed by atoms with Gasteiger partial charge in [0.25, 0.3) is 0 Å². The number of halogens is 1. The van der Waals surface area contributed by atoms with Crippen molar-refractivity contribution in [2.24, 2.45) is 0 Å². The van der Waals surface area contributed by atoms with Crippen molar-refractivity contribution in [2.75, 3.05) is 13.2 Å². The highest BCUT2D eigenvalue weighted by Gasteiger charge is 2.24. The zero-order valence-electron chi connectivity index (χ0n) is 11.3. The molecule has 0 unspecified atom stereocenters. The van der Waals surface area contributed by atoms with Crippen molar-refractivity contribution in [2.45, 2.75) is 11.4 Å². The smallest absolute Gasteiger partial charge is 0.243 e. The summed E-state index contributed by atoms with van der Waals surface area (Å²) in [6, 6.07) is 16.0. The average molecular weight is 417 g/mol. The van der Waals surface area contributed by atoms with Crippen LogP contribution in [0.4, 0.5) is 0 Å². The molecule has 0 saturated heterocycles. The third kappa shape index (κ3) is 4.26. The van der Waals surface area contributed by atoms with Crippen molar-refractivity contribution in [3.8, 4) is 0 Å². The first kappa shape index (κ1) is 16.4. The Morgan fingerprint density at radius 2 is 1.62 bits per heavy atom. The van der Waals surface area contributed by atoms with Crippen LogP contribution in [0.25, 0.3) is 0 Å². The molecule has 1 N–H and O–H groups in total. The first-order valence-electron chi connectivity index (χ1n) is 6.44. The normalized spacial score (nSPS) is 11.8. The number of nitrogens with zero attached hydrogens (tertiary/aromatic N) is 1. The van der Waals surface area contributed by atoms with E-state index in [1.165, 1.54) is 4.31 Å². The first-order chi connectivity index (χ1) is 10.0. The SMILES string of the molecule is O=S(=O)(c1ccc(I)cc1)N(CCO)Cc1ccccc1. The molecule has 0 aliphatic carbocycles. The van der Waals surface area contributed by atoms with Gasteiger partial charge in [-0.25, -0.2) is 8.42 Å². The topological polar surface area (TPSA) is 57.6 Å². The number of aliphatic hydroxyl groups is 1. The maximum Gasteiger partial charge on any atom is 0.243 e. The third-order valence-electron chi connectivity index (χ3n) is 3.00. The predicted molar refractivity (Wildman–Crippen MR) is 90.3 cm³/mol. The van der Waals surface area contributed by atoms with E-state index < -0.39 is 10.0 Å². The summed E-state index contributed by atoms with van der Waals surface area (Å²) in [4.78, 5) is 0.243. The molecule has 0 amide bonds. The van der Waals surface area contributed by atoms with Gasteiger partial charge in [-0.1, -0.05) is 30.3 Å². The molecular weight excluding hydrogens is 401 g/mol. The zero-order chi connectivity index (χ0) is 15.3. The number of rotatable bonds is 6. The van der Waals surface area contributed by atoms with Gasteiger partial charge in [-0.15, -0.1) is 0 Å². The molecule has 0 atom stereocenters. The first-order valence-corrected chi connectivity index (χ1v) is 8.96. The zero-order valence-corrected chi connectivity index (χ0v) is 14.3. The lowest BCUT2D eigenvalue weighted by atomic mass is 10.2. The molecule has 0 aromatic heterocycles.